The molecule has 3 aromatic carbocycles. The van der Waals surface area contributed by atoms with E-state index in [-0.39, 0.29) is 17.5 Å². The minimum atomic E-state index is -0.386. The maximum Gasteiger partial charge on any atom is 0.282 e. The molecule has 0 fully saturated rings. The van der Waals surface area contributed by atoms with Gasteiger partial charge in [-0.3, -0.25) is 9.59 Å². The number of nitrogens with zero attached hydrogens (tertiary/aromatic N) is 1. The number of ether oxygens (including phenoxy) is 1. The van der Waals surface area contributed by atoms with Crippen LogP contribution in [0.1, 0.15) is 36.5 Å². The summed E-state index contributed by atoms with van der Waals surface area (Å²) < 4.78 is 5.44. The smallest absolute Gasteiger partial charge is 0.282 e. The summed E-state index contributed by atoms with van der Waals surface area (Å²) in [5, 5.41) is 3.19. The Morgan fingerprint density at radius 3 is 2.24 bits per heavy atom. The molecule has 2 amide bonds. The first-order valence-corrected chi connectivity index (χ1v) is 11.2. The fourth-order valence-corrected chi connectivity index (χ4v) is 3.94. The summed E-state index contributed by atoms with van der Waals surface area (Å²) in [4.78, 5) is 28.4. The van der Waals surface area contributed by atoms with Crippen LogP contribution in [0.4, 0.5) is 11.4 Å². The van der Waals surface area contributed by atoms with Gasteiger partial charge in [-0.05, 0) is 55.2 Å². The Morgan fingerprint density at radius 2 is 1.58 bits per heavy atom. The third-order valence-electron chi connectivity index (χ3n) is 5.80. The molecule has 1 N–H and O–H groups in total. The third-order valence-corrected chi connectivity index (χ3v) is 5.80. The van der Waals surface area contributed by atoms with Gasteiger partial charge < -0.3 is 10.1 Å². The predicted octanol–water partition coefficient (Wildman–Crippen LogP) is 5.74. The predicted molar refractivity (Wildman–Crippen MR) is 132 cm³/mol. The van der Waals surface area contributed by atoms with Crippen molar-refractivity contribution in [2.24, 2.45) is 0 Å². The summed E-state index contributed by atoms with van der Waals surface area (Å²) in [6, 6.07) is 22.6. The minimum absolute atomic E-state index is 0.239. The maximum absolute atomic E-state index is 13.6. The van der Waals surface area contributed by atoms with Crippen LogP contribution in [-0.4, -0.2) is 18.9 Å². The zero-order chi connectivity index (χ0) is 23.4. The Morgan fingerprint density at radius 1 is 0.879 bits per heavy atom. The number of hydrogen-bond donors (Lipinski definition) is 1. The molecule has 33 heavy (non-hydrogen) atoms. The monoisotopic (exact) mass is 440 g/mol. The van der Waals surface area contributed by atoms with Crippen LogP contribution in [0, 0.1) is 6.92 Å². The van der Waals surface area contributed by atoms with E-state index in [0.29, 0.717) is 28.3 Å². The second-order valence-corrected chi connectivity index (χ2v) is 8.16. The zero-order valence-electron chi connectivity index (χ0n) is 19.2. The van der Waals surface area contributed by atoms with Gasteiger partial charge in [0.25, 0.3) is 11.8 Å². The summed E-state index contributed by atoms with van der Waals surface area (Å²) in [6.07, 6.45) is 3.20. The SMILES string of the molecule is CCCCc1ccc(N2C(=O)C(Nc3ccccc3OC)=C(c3ccc(C)cc3)C2=O)cc1. The number of rotatable bonds is 8. The van der Waals surface area contributed by atoms with Gasteiger partial charge in [0.1, 0.15) is 11.4 Å². The minimum Gasteiger partial charge on any atom is -0.495 e. The first-order valence-electron chi connectivity index (χ1n) is 11.2. The molecule has 1 heterocycles. The Kier molecular flexibility index (Phi) is 6.59. The number of carbonyl (C=O) groups is 2. The highest BCUT2D eigenvalue weighted by molar-refractivity contribution is 6.46. The molecule has 168 valence electrons. The zero-order valence-corrected chi connectivity index (χ0v) is 19.2. The quantitative estimate of drug-likeness (QED) is 0.454. The van der Waals surface area contributed by atoms with E-state index in [1.807, 2.05) is 79.7 Å². The van der Waals surface area contributed by atoms with Crippen molar-refractivity contribution in [2.75, 3.05) is 17.3 Å². The summed E-state index contributed by atoms with van der Waals surface area (Å²) >= 11 is 0. The Hall–Kier alpha value is -3.86. The van der Waals surface area contributed by atoms with Crippen molar-refractivity contribution in [1.82, 2.24) is 0 Å². The molecule has 0 saturated carbocycles. The van der Waals surface area contributed by atoms with Gasteiger partial charge in [0.15, 0.2) is 0 Å². The Bertz CT molecular complexity index is 1190. The van der Waals surface area contributed by atoms with E-state index >= 15 is 0 Å². The summed E-state index contributed by atoms with van der Waals surface area (Å²) in [6.45, 7) is 4.14. The van der Waals surface area contributed by atoms with Crippen LogP contribution in [0.5, 0.6) is 5.75 Å². The van der Waals surface area contributed by atoms with Crippen LogP contribution >= 0.6 is 0 Å². The topological polar surface area (TPSA) is 58.6 Å². The number of para-hydroxylation sites is 2. The molecule has 4 rings (SSSR count). The van der Waals surface area contributed by atoms with E-state index < -0.39 is 0 Å². The molecule has 1 aliphatic rings. The van der Waals surface area contributed by atoms with E-state index in [4.69, 9.17) is 4.74 Å². The molecular formula is C28H28N2O3. The van der Waals surface area contributed by atoms with Crippen LogP contribution in [-0.2, 0) is 16.0 Å². The number of amides is 2. The molecule has 5 nitrogen and oxygen atoms in total. The van der Waals surface area contributed by atoms with E-state index in [1.54, 1.807) is 7.11 Å². The number of hydrogen-bond acceptors (Lipinski definition) is 4. The molecule has 5 heteroatoms. The molecule has 0 spiro atoms. The fourth-order valence-electron chi connectivity index (χ4n) is 3.94. The molecule has 0 atom stereocenters. The van der Waals surface area contributed by atoms with E-state index in [1.165, 1.54) is 10.5 Å². The maximum atomic E-state index is 13.6. The number of imide groups is 1. The van der Waals surface area contributed by atoms with Gasteiger partial charge in [-0.1, -0.05) is 67.4 Å². The lowest BCUT2D eigenvalue weighted by Gasteiger charge is -2.16. The molecule has 0 aliphatic carbocycles. The van der Waals surface area contributed by atoms with Gasteiger partial charge in [0.2, 0.25) is 0 Å². The van der Waals surface area contributed by atoms with Crippen LogP contribution < -0.4 is 15.0 Å². The molecular weight excluding hydrogens is 412 g/mol. The standard InChI is InChI=1S/C28H28N2O3/c1-4-5-8-20-13-17-22(18-14-20)30-27(31)25(21-15-11-19(2)12-16-21)26(28(30)32)29-23-9-6-7-10-24(23)33-3/h6-7,9-18,29H,4-5,8H2,1-3H3. The number of unbranched alkanes of at least 4 members (excludes halogenated alkanes) is 1. The number of benzene rings is 3. The largest absolute Gasteiger partial charge is 0.495 e. The molecule has 1 aliphatic heterocycles. The highest BCUT2D eigenvalue weighted by Crippen LogP contribution is 2.35. The molecule has 0 bridgehead atoms. The van der Waals surface area contributed by atoms with Gasteiger partial charge in [0.05, 0.1) is 24.1 Å². The van der Waals surface area contributed by atoms with Crippen LogP contribution in [0.15, 0.2) is 78.5 Å². The van der Waals surface area contributed by atoms with Gasteiger partial charge in [-0.15, -0.1) is 0 Å². The average molecular weight is 441 g/mol. The second-order valence-electron chi connectivity index (χ2n) is 8.16. The Balaban J connectivity index is 1.75. The summed E-state index contributed by atoms with van der Waals surface area (Å²) in [5.41, 5.74) is 4.74. The van der Waals surface area contributed by atoms with Gasteiger partial charge in [-0.2, -0.15) is 0 Å². The number of methoxy groups -OCH3 is 1. The van der Waals surface area contributed by atoms with E-state index in [2.05, 4.69) is 12.2 Å². The average Bonchev–Trinajstić information content (AvgIpc) is 3.08. The molecule has 3 aromatic rings. The van der Waals surface area contributed by atoms with Crippen molar-refractivity contribution in [2.45, 2.75) is 33.1 Å². The van der Waals surface area contributed by atoms with Gasteiger partial charge in [-0.25, -0.2) is 4.90 Å². The van der Waals surface area contributed by atoms with Crippen LogP contribution in [0.3, 0.4) is 0 Å². The highest BCUT2D eigenvalue weighted by atomic mass is 16.5. The first kappa shape index (κ1) is 22.3. The molecule has 0 radical (unpaired) electrons. The van der Waals surface area contributed by atoms with Crippen molar-refractivity contribution in [3.8, 4) is 5.75 Å². The summed E-state index contributed by atoms with van der Waals surface area (Å²) in [5.74, 6) is -0.141. The lowest BCUT2D eigenvalue weighted by Crippen LogP contribution is -2.32. The van der Waals surface area contributed by atoms with E-state index in [0.717, 1.165) is 24.8 Å². The number of anilines is 2. The Labute approximate surface area is 194 Å². The van der Waals surface area contributed by atoms with Crippen molar-refractivity contribution < 1.29 is 14.3 Å². The van der Waals surface area contributed by atoms with Crippen molar-refractivity contribution in [3.63, 3.8) is 0 Å². The number of nitrogens with one attached hydrogen (secondary N) is 1. The van der Waals surface area contributed by atoms with E-state index in [9.17, 15) is 9.59 Å². The van der Waals surface area contributed by atoms with Crippen molar-refractivity contribution >= 4 is 28.8 Å². The lowest BCUT2D eigenvalue weighted by molar-refractivity contribution is -0.120. The normalized spacial score (nSPS) is 13.6. The number of carbonyl (C=O) groups excluding carboxylic acids is 2. The third kappa shape index (κ3) is 4.53. The highest BCUT2D eigenvalue weighted by Gasteiger charge is 2.40. The van der Waals surface area contributed by atoms with Crippen molar-refractivity contribution in [1.29, 1.82) is 0 Å². The van der Waals surface area contributed by atoms with Crippen molar-refractivity contribution in [3.05, 3.63) is 95.2 Å². The lowest BCUT2D eigenvalue weighted by atomic mass is 10.0. The second kappa shape index (κ2) is 9.74. The van der Waals surface area contributed by atoms with Crippen LogP contribution in [0.25, 0.3) is 5.57 Å². The first-order chi connectivity index (χ1) is 16.0. The van der Waals surface area contributed by atoms with Gasteiger partial charge >= 0.3 is 0 Å². The molecule has 0 aromatic heterocycles. The van der Waals surface area contributed by atoms with Crippen LogP contribution in [0.2, 0.25) is 0 Å². The molecule has 0 unspecified atom stereocenters. The van der Waals surface area contributed by atoms with Gasteiger partial charge in [0, 0.05) is 0 Å². The summed E-state index contributed by atoms with van der Waals surface area (Å²) in [7, 11) is 1.57. The molecule has 0 saturated heterocycles. The fraction of sp³-hybridized carbons (Fsp3) is 0.214. The number of aryl methyl sites for hydroxylation is 2.